The van der Waals surface area contributed by atoms with Gasteiger partial charge in [-0.25, -0.2) is 4.98 Å². The first-order valence-corrected chi connectivity index (χ1v) is 10.1. The second kappa shape index (κ2) is 6.84. The first-order valence-electron chi connectivity index (χ1n) is 9.20. The predicted molar refractivity (Wildman–Crippen MR) is 108 cm³/mol. The molecule has 0 unspecified atom stereocenters. The molecule has 1 aromatic heterocycles. The van der Waals surface area contributed by atoms with Crippen molar-refractivity contribution in [3.8, 4) is 0 Å². The molecule has 0 atom stereocenters. The molecule has 7 nitrogen and oxygen atoms in total. The van der Waals surface area contributed by atoms with Crippen LogP contribution in [0, 0.1) is 0 Å². The van der Waals surface area contributed by atoms with Crippen LogP contribution in [0.3, 0.4) is 0 Å². The average Bonchev–Trinajstić information content (AvgIpc) is 3.33. The lowest BCUT2D eigenvalue weighted by Crippen LogP contribution is -2.49. The van der Waals surface area contributed by atoms with E-state index in [9.17, 15) is 4.79 Å². The quantitative estimate of drug-likeness (QED) is 0.811. The van der Waals surface area contributed by atoms with Gasteiger partial charge in [-0.3, -0.25) is 14.8 Å². The number of piperazine rings is 1. The highest BCUT2D eigenvalue weighted by Gasteiger charge is 2.29. The van der Waals surface area contributed by atoms with Crippen molar-refractivity contribution < 1.29 is 4.79 Å². The van der Waals surface area contributed by atoms with Crippen molar-refractivity contribution >= 4 is 39.7 Å². The molecule has 0 bridgehead atoms. The zero-order valence-electron chi connectivity index (χ0n) is 14.9. The summed E-state index contributed by atoms with van der Waals surface area (Å²) >= 11 is 1.63. The van der Waals surface area contributed by atoms with Crippen molar-refractivity contribution in [1.29, 1.82) is 0 Å². The van der Waals surface area contributed by atoms with Crippen molar-refractivity contribution in [2.24, 2.45) is 4.99 Å². The van der Waals surface area contributed by atoms with Gasteiger partial charge in [0.25, 0.3) is 0 Å². The van der Waals surface area contributed by atoms with Crippen LogP contribution in [0.15, 0.2) is 46.6 Å². The van der Waals surface area contributed by atoms with E-state index in [0.717, 1.165) is 53.9 Å². The molecule has 2 aromatic rings. The van der Waals surface area contributed by atoms with Crippen molar-refractivity contribution in [3.05, 3.63) is 41.6 Å². The largest absolute Gasteiger partial charge is 0.352 e. The zero-order chi connectivity index (χ0) is 18.2. The second-order valence-corrected chi connectivity index (χ2v) is 7.64. The summed E-state index contributed by atoms with van der Waals surface area (Å²) in [5.74, 6) is 1.08. The second-order valence-electron chi connectivity index (χ2n) is 6.80. The number of thioether (sulfide) groups is 1. The molecule has 0 radical (unpaired) electrons. The van der Waals surface area contributed by atoms with Crippen LogP contribution in [-0.4, -0.2) is 70.1 Å². The van der Waals surface area contributed by atoms with Gasteiger partial charge < -0.3 is 14.7 Å². The lowest BCUT2D eigenvalue weighted by atomic mass is 10.2. The Labute approximate surface area is 161 Å². The third-order valence-electron chi connectivity index (χ3n) is 5.17. The molecule has 1 saturated heterocycles. The SMILES string of the molecule is O=C(CC1=CSC2=NCCN12)N1CCN(c2cnc3ccccc3n2)CC1. The fourth-order valence-corrected chi connectivity index (χ4v) is 4.62. The first-order chi connectivity index (χ1) is 13.3. The van der Waals surface area contributed by atoms with Crippen LogP contribution < -0.4 is 4.90 Å². The Bertz CT molecular complexity index is 950. The molecule has 1 amide bonds. The van der Waals surface area contributed by atoms with Crippen LogP contribution >= 0.6 is 11.8 Å². The monoisotopic (exact) mass is 380 g/mol. The number of fused-ring (bicyclic) bond motifs is 2. The van der Waals surface area contributed by atoms with E-state index >= 15 is 0 Å². The highest BCUT2D eigenvalue weighted by atomic mass is 32.2. The topological polar surface area (TPSA) is 64.9 Å². The molecular formula is C19H20N6OS. The zero-order valence-corrected chi connectivity index (χ0v) is 15.7. The third-order valence-corrected chi connectivity index (χ3v) is 6.12. The summed E-state index contributed by atoms with van der Waals surface area (Å²) in [6.45, 7) is 4.73. The molecule has 1 aromatic carbocycles. The lowest BCUT2D eigenvalue weighted by Gasteiger charge is -2.35. The Kier molecular flexibility index (Phi) is 4.20. The number of aromatic nitrogens is 2. The minimum absolute atomic E-state index is 0.194. The minimum atomic E-state index is 0.194. The molecule has 3 aliphatic rings. The highest BCUT2D eigenvalue weighted by molar-refractivity contribution is 8.16. The number of para-hydroxylation sites is 2. The molecule has 1 fully saturated rings. The smallest absolute Gasteiger partial charge is 0.228 e. The fourth-order valence-electron chi connectivity index (χ4n) is 3.67. The van der Waals surface area contributed by atoms with Crippen LogP contribution in [0.2, 0.25) is 0 Å². The Morgan fingerprint density at radius 2 is 1.89 bits per heavy atom. The fraction of sp³-hybridized carbons (Fsp3) is 0.368. The van der Waals surface area contributed by atoms with E-state index in [4.69, 9.17) is 4.98 Å². The predicted octanol–water partition coefficient (Wildman–Crippen LogP) is 1.93. The molecule has 0 N–H and O–H groups in total. The van der Waals surface area contributed by atoms with E-state index in [0.29, 0.717) is 19.5 Å². The van der Waals surface area contributed by atoms with Crippen LogP contribution in [0.5, 0.6) is 0 Å². The summed E-state index contributed by atoms with van der Waals surface area (Å²) in [6.07, 6.45) is 2.29. The maximum absolute atomic E-state index is 12.7. The Morgan fingerprint density at radius 3 is 2.74 bits per heavy atom. The van der Waals surface area contributed by atoms with Gasteiger partial charge in [-0.1, -0.05) is 23.9 Å². The summed E-state index contributed by atoms with van der Waals surface area (Å²) in [7, 11) is 0. The number of amides is 1. The number of nitrogens with zero attached hydrogens (tertiary/aromatic N) is 6. The number of benzene rings is 1. The van der Waals surface area contributed by atoms with Crippen LogP contribution in [0.25, 0.3) is 11.0 Å². The number of aliphatic imine (C=N–C) groups is 1. The number of carbonyl (C=O) groups is 1. The van der Waals surface area contributed by atoms with Gasteiger partial charge in [-0.15, -0.1) is 0 Å². The molecular weight excluding hydrogens is 360 g/mol. The van der Waals surface area contributed by atoms with E-state index in [-0.39, 0.29) is 5.91 Å². The maximum atomic E-state index is 12.7. The van der Waals surface area contributed by atoms with Gasteiger partial charge in [0.15, 0.2) is 5.17 Å². The van der Waals surface area contributed by atoms with Gasteiger partial charge >= 0.3 is 0 Å². The van der Waals surface area contributed by atoms with Crippen molar-refractivity contribution in [1.82, 2.24) is 19.8 Å². The highest BCUT2D eigenvalue weighted by Crippen LogP contribution is 2.31. The number of carbonyl (C=O) groups excluding carboxylic acids is 1. The molecule has 8 heteroatoms. The number of amidine groups is 1. The third kappa shape index (κ3) is 3.14. The van der Waals surface area contributed by atoms with E-state index in [1.807, 2.05) is 35.4 Å². The molecule has 5 rings (SSSR count). The molecule has 3 aliphatic heterocycles. The van der Waals surface area contributed by atoms with Crippen molar-refractivity contribution in [2.45, 2.75) is 6.42 Å². The van der Waals surface area contributed by atoms with Crippen LogP contribution in [-0.2, 0) is 4.79 Å². The van der Waals surface area contributed by atoms with Gasteiger partial charge in [-0.05, 0) is 17.5 Å². The molecule has 4 heterocycles. The van der Waals surface area contributed by atoms with E-state index in [2.05, 4.69) is 25.2 Å². The average molecular weight is 380 g/mol. The van der Waals surface area contributed by atoms with Gasteiger partial charge in [-0.2, -0.15) is 0 Å². The van der Waals surface area contributed by atoms with Crippen molar-refractivity contribution in [3.63, 3.8) is 0 Å². The summed E-state index contributed by atoms with van der Waals surface area (Å²) in [6, 6.07) is 7.89. The molecule has 0 aliphatic carbocycles. The molecule has 0 spiro atoms. The summed E-state index contributed by atoms with van der Waals surface area (Å²) in [4.78, 5) is 32.7. The van der Waals surface area contributed by atoms with E-state index < -0.39 is 0 Å². The van der Waals surface area contributed by atoms with E-state index in [1.165, 1.54) is 0 Å². The Morgan fingerprint density at radius 1 is 1.07 bits per heavy atom. The normalized spacial score (nSPS) is 19.3. The van der Waals surface area contributed by atoms with Gasteiger partial charge in [0.05, 0.1) is 30.2 Å². The summed E-state index contributed by atoms with van der Waals surface area (Å²) < 4.78 is 0. The summed E-state index contributed by atoms with van der Waals surface area (Å²) in [5, 5.41) is 3.11. The Balaban J connectivity index is 1.21. The van der Waals surface area contributed by atoms with Crippen molar-refractivity contribution in [2.75, 3.05) is 44.2 Å². The maximum Gasteiger partial charge on any atom is 0.228 e. The number of anilines is 1. The van der Waals surface area contributed by atoms with E-state index in [1.54, 1.807) is 11.8 Å². The van der Waals surface area contributed by atoms with Gasteiger partial charge in [0.2, 0.25) is 5.91 Å². The van der Waals surface area contributed by atoms with Gasteiger partial charge in [0.1, 0.15) is 5.82 Å². The molecule has 138 valence electrons. The lowest BCUT2D eigenvalue weighted by molar-refractivity contribution is -0.130. The number of hydrogen-bond acceptors (Lipinski definition) is 7. The number of rotatable bonds is 3. The molecule has 0 saturated carbocycles. The Hall–Kier alpha value is -2.61. The first kappa shape index (κ1) is 16.6. The summed E-state index contributed by atoms with van der Waals surface area (Å²) in [5.41, 5.74) is 2.90. The van der Waals surface area contributed by atoms with Crippen LogP contribution in [0.4, 0.5) is 5.82 Å². The number of hydrogen-bond donors (Lipinski definition) is 0. The van der Waals surface area contributed by atoms with Gasteiger partial charge in [0, 0.05) is 38.4 Å². The minimum Gasteiger partial charge on any atom is -0.352 e. The standard InChI is InChI=1S/C19H20N6OS/c26-18(11-14-13-27-19-20-5-6-25(14)19)24-9-7-23(8-10-24)17-12-21-15-3-1-2-4-16(15)22-17/h1-4,12-13H,5-11H2. The molecule has 27 heavy (non-hydrogen) atoms. The van der Waals surface area contributed by atoms with Crippen LogP contribution in [0.1, 0.15) is 6.42 Å².